The largest absolute Gasteiger partial charge is 0.496 e. The van der Waals surface area contributed by atoms with Crippen LogP contribution in [0.4, 0.5) is 5.69 Å². The third kappa shape index (κ3) is 6.07. The Morgan fingerprint density at radius 3 is 2.32 bits per heavy atom. The maximum absolute atomic E-state index is 12.5. The van der Waals surface area contributed by atoms with Gasteiger partial charge in [-0.2, -0.15) is 0 Å². The quantitative estimate of drug-likeness (QED) is 0.613. The van der Waals surface area contributed by atoms with Crippen molar-refractivity contribution >= 4 is 33.4 Å². The average Bonchev–Trinajstić information content (AvgIpc) is 2.71. The lowest BCUT2D eigenvalue weighted by Gasteiger charge is -2.18. The van der Waals surface area contributed by atoms with Crippen molar-refractivity contribution in [2.45, 2.75) is 13.8 Å². The van der Waals surface area contributed by atoms with E-state index in [1.54, 1.807) is 36.4 Å². The number of nitrogens with one attached hydrogen (secondary N) is 2. The van der Waals surface area contributed by atoms with Crippen LogP contribution in [0.3, 0.4) is 0 Å². The highest BCUT2D eigenvalue weighted by Crippen LogP contribution is 2.24. The number of nitrogens with zero attached hydrogens (tertiary/aromatic N) is 1. The van der Waals surface area contributed by atoms with Crippen LogP contribution in [0.2, 0.25) is 0 Å². The summed E-state index contributed by atoms with van der Waals surface area (Å²) < 4.78 is 6.03. The van der Waals surface area contributed by atoms with Gasteiger partial charge in [-0.25, -0.2) is 0 Å². The number of methoxy groups -OCH3 is 1. The van der Waals surface area contributed by atoms with E-state index < -0.39 is 0 Å². The van der Waals surface area contributed by atoms with Gasteiger partial charge in [0.25, 0.3) is 11.8 Å². The molecule has 6 nitrogen and oxygen atoms in total. The van der Waals surface area contributed by atoms with E-state index in [9.17, 15) is 9.59 Å². The Hall–Kier alpha value is -2.38. The zero-order valence-corrected chi connectivity index (χ0v) is 18.0. The van der Waals surface area contributed by atoms with Crippen LogP contribution in [0.15, 0.2) is 46.9 Å². The van der Waals surface area contributed by atoms with Gasteiger partial charge < -0.3 is 20.3 Å². The minimum absolute atomic E-state index is 0.126. The van der Waals surface area contributed by atoms with Gasteiger partial charge in [-0.15, -0.1) is 0 Å². The smallest absolute Gasteiger partial charge is 0.259 e. The van der Waals surface area contributed by atoms with Gasteiger partial charge in [0.1, 0.15) is 5.75 Å². The van der Waals surface area contributed by atoms with Gasteiger partial charge in [-0.1, -0.05) is 29.8 Å². The Labute approximate surface area is 174 Å². The number of amides is 2. The summed E-state index contributed by atoms with van der Waals surface area (Å²) in [6, 6.07) is 12.0. The lowest BCUT2D eigenvalue weighted by Crippen LogP contribution is -2.34. The first-order valence-corrected chi connectivity index (χ1v) is 10.0. The third-order valence-corrected chi connectivity index (χ3v) is 4.91. The van der Waals surface area contributed by atoms with E-state index in [0.717, 1.165) is 24.1 Å². The molecule has 0 aromatic heterocycles. The Balaban J connectivity index is 1.96. The summed E-state index contributed by atoms with van der Waals surface area (Å²) in [6.07, 6.45) is 0. The number of rotatable bonds is 9. The Bertz CT molecular complexity index is 805. The third-order valence-electron chi connectivity index (χ3n) is 4.42. The number of halogens is 1. The van der Waals surface area contributed by atoms with E-state index in [2.05, 4.69) is 45.3 Å². The summed E-state index contributed by atoms with van der Waals surface area (Å²) in [6.45, 7) is 7.54. The lowest BCUT2D eigenvalue weighted by molar-refractivity contribution is 0.0948. The molecule has 28 heavy (non-hydrogen) atoms. The van der Waals surface area contributed by atoms with E-state index in [0.29, 0.717) is 29.1 Å². The minimum atomic E-state index is -0.283. The van der Waals surface area contributed by atoms with Crippen molar-refractivity contribution < 1.29 is 14.3 Å². The fourth-order valence-corrected chi connectivity index (χ4v) is 3.09. The predicted molar refractivity (Wildman–Crippen MR) is 115 cm³/mol. The number of carbonyl (C=O) groups is 2. The molecule has 0 radical (unpaired) electrons. The summed E-state index contributed by atoms with van der Waals surface area (Å²) in [5.74, 6) is 0.0816. The van der Waals surface area contributed by atoms with Crippen LogP contribution in [-0.2, 0) is 0 Å². The average molecular weight is 448 g/mol. The van der Waals surface area contributed by atoms with Crippen LogP contribution >= 0.6 is 15.9 Å². The van der Waals surface area contributed by atoms with Gasteiger partial charge in [0.15, 0.2) is 0 Å². The topological polar surface area (TPSA) is 70.7 Å². The van der Waals surface area contributed by atoms with E-state index in [1.807, 2.05) is 6.07 Å². The van der Waals surface area contributed by atoms with Crippen molar-refractivity contribution in [2.24, 2.45) is 0 Å². The molecule has 2 aromatic rings. The predicted octanol–water partition coefficient (Wildman–Crippen LogP) is 3.78. The number of carbonyl (C=O) groups excluding carboxylic acids is 2. The Morgan fingerprint density at radius 2 is 1.71 bits per heavy atom. The first-order chi connectivity index (χ1) is 13.5. The van der Waals surface area contributed by atoms with Gasteiger partial charge >= 0.3 is 0 Å². The SMILES string of the molecule is CCN(CC)CCNC(=O)c1ccc(NC(=O)c2cc(Br)ccc2OC)cc1. The number of benzene rings is 2. The molecule has 0 saturated heterocycles. The van der Waals surface area contributed by atoms with Crippen molar-refractivity contribution in [3.8, 4) is 5.75 Å². The van der Waals surface area contributed by atoms with Gasteiger partial charge in [0.2, 0.25) is 0 Å². The molecule has 2 N–H and O–H groups in total. The molecule has 150 valence electrons. The van der Waals surface area contributed by atoms with Gasteiger partial charge in [-0.05, 0) is 55.6 Å². The molecule has 0 unspecified atom stereocenters. The van der Waals surface area contributed by atoms with Crippen molar-refractivity contribution in [1.29, 1.82) is 0 Å². The molecule has 0 saturated carbocycles. The fraction of sp³-hybridized carbons (Fsp3) is 0.333. The number of hydrogen-bond donors (Lipinski definition) is 2. The minimum Gasteiger partial charge on any atom is -0.496 e. The van der Waals surface area contributed by atoms with E-state index in [-0.39, 0.29) is 11.8 Å². The van der Waals surface area contributed by atoms with E-state index >= 15 is 0 Å². The first kappa shape index (κ1) is 21.9. The second-order valence-electron chi connectivity index (χ2n) is 6.16. The molecule has 0 aliphatic carbocycles. The first-order valence-electron chi connectivity index (χ1n) is 9.24. The summed E-state index contributed by atoms with van der Waals surface area (Å²) in [7, 11) is 1.52. The van der Waals surface area contributed by atoms with Crippen LogP contribution in [-0.4, -0.2) is 50.0 Å². The zero-order chi connectivity index (χ0) is 20.5. The van der Waals surface area contributed by atoms with Crippen LogP contribution in [0.25, 0.3) is 0 Å². The van der Waals surface area contributed by atoms with E-state index in [4.69, 9.17) is 4.74 Å². The molecule has 0 spiro atoms. The molecule has 0 atom stereocenters. The van der Waals surface area contributed by atoms with Crippen LogP contribution in [0, 0.1) is 0 Å². The summed E-state index contributed by atoms with van der Waals surface area (Å²) in [5, 5.41) is 5.74. The normalized spacial score (nSPS) is 10.6. The van der Waals surface area contributed by atoms with Crippen molar-refractivity contribution in [3.05, 3.63) is 58.1 Å². The van der Waals surface area contributed by atoms with E-state index in [1.165, 1.54) is 7.11 Å². The van der Waals surface area contributed by atoms with Crippen LogP contribution < -0.4 is 15.4 Å². The Kier molecular flexibility index (Phi) is 8.47. The molecular weight excluding hydrogens is 422 g/mol. The lowest BCUT2D eigenvalue weighted by atomic mass is 10.1. The van der Waals surface area contributed by atoms with Crippen molar-refractivity contribution in [1.82, 2.24) is 10.2 Å². The Morgan fingerprint density at radius 1 is 1.04 bits per heavy atom. The maximum atomic E-state index is 12.5. The fourth-order valence-electron chi connectivity index (χ4n) is 2.73. The zero-order valence-electron chi connectivity index (χ0n) is 16.4. The van der Waals surface area contributed by atoms with Gasteiger partial charge in [0.05, 0.1) is 12.7 Å². The molecule has 2 aromatic carbocycles. The molecule has 2 rings (SSSR count). The number of ether oxygens (including phenoxy) is 1. The summed E-state index contributed by atoms with van der Waals surface area (Å²) in [4.78, 5) is 27.0. The summed E-state index contributed by atoms with van der Waals surface area (Å²) >= 11 is 3.36. The highest BCUT2D eigenvalue weighted by atomic mass is 79.9. The molecule has 0 heterocycles. The van der Waals surface area contributed by atoms with Crippen molar-refractivity contribution in [3.63, 3.8) is 0 Å². The summed E-state index contributed by atoms with van der Waals surface area (Å²) in [5.41, 5.74) is 1.58. The monoisotopic (exact) mass is 447 g/mol. The number of hydrogen-bond acceptors (Lipinski definition) is 4. The van der Waals surface area contributed by atoms with Crippen molar-refractivity contribution in [2.75, 3.05) is 38.6 Å². The maximum Gasteiger partial charge on any atom is 0.259 e. The van der Waals surface area contributed by atoms with Crippen LogP contribution in [0.5, 0.6) is 5.75 Å². The number of likely N-dealkylation sites (N-methyl/N-ethyl adjacent to an activating group) is 1. The van der Waals surface area contributed by atoms with Crippen LogP contribution in [0.1, 0.15) is 34.6 Å². The van der Waals surface area contributed by atoms with Gasteiger partial charge in [0, 0.05) is 28.8 Å². The molecular formula is C21H26BrN3O3. The second kappa shape index (κ2) is 10.8. The van der Waals surface area contributed by atoms with Gasteiger partial charge in [-0.3, -0.25) is 9.59 Å². The number of anilines is 1. The molecule has 0 aliphatic rings. The highest BCUT2D eigenvalue weighted by molar-refractivity contribution is 9.10. The molecule has 7 heteroatoms. The molecule has 0 aliphatic heterocycles. The highest BCUT2D eigenvalue weighted by Gasteiger charge is 2.13. The second-order valence-corrected chi connectivity index (χ2v) is 7.07. The molecule has 2 amide bonds. The molecule has 0 fully saturated rings. The standard InChI is InChI=1S/C21H26BrN3O3/c1-4-25(5-2)13-12-23-20(26)15-6-9-17(10-7-15)24-21(27)18-14-16(22)8-11-19(18)28-3/h6-11,14H,4-5,12-13H2,1-3H3,(H,23,26)(H,24,27). The molecule has 0 bridgehead atoms.